The molecule has 0 saturated carbocycles. The number of hydrogen-bond acceptors (Lipinski definition) is 3. The first-order chi connectivity index (χ1) is 9.04. The topological polar surface area (TPSA) is 54.3 Å². The second-order valence-electron chi connectivity index (χ2n) is 5.16. The van der Waals surface area contributed by atoms with Crippen LogP contribution in [-0.2, 0) is 17.1 Å². The van der Waals surface area contributed by atoms with Crippen molar-refractivity contribution in [1.82, 2.24) is 14.2 Å². The van der Waals surface area contributed by atoms with Gasteiger partial charge in [0.15, 0.2) is 0 Å². The highest BCUT2D eigenvalue weighted by atomic mass is 32.2. The average molecular weight is 285 g/mol. The molecule has 0 amide bonds. The molecular formula is C13H23N3O2S. The van der Waals surface area contributed by atoms with Crippen LogP contribution in [-0.4, -0.2) is 43.5 Å². The lowest BCUT2D eigenvalue weighted by Gasteiger charge is -2.28. The molecule has 0 atom stereocenters. The van der Waals surface area contributed by atoms with Crippen molar-refractivity contribution in [2.75, 3.05) is 26.2 Å². The van der Waals surface area contributed by atoms with Gasteiger partial charge in [0.25, 0.3) is 0 Å². The van der Waals surface area contributed by atoms with E-state index < -0.39 is 10.0 Å². The van der Waals surface area contributed by atoms with Crippen molar-refractivity contribution in [2.24, 2.45) is 13.0 Å². The summed E-state index contributed by atoms with van der Waals surface area (Å²) in [6.45, 7) is 5.05. The van der Waals surface area contributed by atoms with Crippen molar-refractivity contribution in [3.05, 3.63) is 18.5 Å². The van der Waals surface area contributed by atoms with Crippen molar-refractivity contribution in [3.8, 4) is 0 Å². The maximum Gasteiger partial charge on any atom is 0.244 e. The van der Waals surface area contributed by atoms with E-state index in [2.05, 4.69) is 5.32 Å². The zero-order valence-electron chi connectivity index (χ0n) is 11.7. The lowest BCUT2D eigenvalue weighted by molar-refractivity contribution is 0.294. The van der Waals surface area contributed by atoms with E-state index in [1.165, 1.54) is 0 Å². The van der Waals surface area contributed by atoms with Crippen LogP contribution in [0.15, 0.2) is 23.4 Å². The van der Waals surface area contributed by atoms with E-state index in [4.69, 9.17) is 0 Å². The first-order valence-electron chi connectivity index (χ1n) is 6.87. The van der Waals surface area contributed by atoms with Crippen molar-refractivity contribution in [2.45, 2.75) is 24.7 Å². The lowest BCUT2D eigenvalue weighted by atomic mass is 9.98. The zero-order valence-corrected chi connectivity index (χ0v) is 12.5. The molecule has 1 aliphatic heterocycles. The summed E-state index contributed by atoms with van der Waals surface area (Å²) in [7, 11) is -1.50. The Morgan fingerprint density at radius 2 is 2.11 bits per heavy atom. The third-order valence-corrected chi connectivity index (χ3v) is 5.64. The fourth-order valence-corrected chi connectivity index (χ4v) is 4.11. The highest BCUT2D eigenvalue weighted by Crippen LogP contribution is 2.20. The molecule has 2 rings (SSSR count). The van der Waals surface area contributed by atoms with Gasteiger partial charge >= 0.3 is 0 Å². The van der Waals surface area contributed by atoms with Crippen LogP contribution < -0.4 is 5.32 Å². The summed E-state index contributed by atoms with van der Waals surface area (Å²) < 4.78 is 28.5. The lowest BCUT2D eigenvalue weighted by Crippen LogP contribution is -2.39. The largest absolute Gasteiger partial charge is 0.356 e. The molecule has 1 aromatic rings. The minimum Gasteiger partial charge on any atom is -0.356 e. The Balaban J connectivity index is 2.11. The molecule has 0 radical (unpaired) electrons. The Hall–Kier alpha value is -0.850. The van der Waals surface area contributed by atoms with Crippen LogP contribution in [0.2, 0.25) is 0 Å². The van der Waals surface area contributed by atoms with Gasteiger partial charge < -0.3 is 9.88 Å². The van der Waals surface area contributed by atoms with E-state index in [9.17, 15) is 8.42 Å². The number of aryl methyl sites for hydroxylation is 1. The Morgan fingerprint density at radius 1 is 1.42 bits per heavy atom. The van der Waals surface area contributed by atoms with Gasteiger partial charge in [0, 0.05) is 32.5 Å². The zero-order chi connectivity index (χ0) is 13.9. The average Bonchev–Trinajstić information content (AvgIpc) is 2.84. The predicted molar refractivity (Wildman–Crippen MR) is 75.4 cm³/mol. The van der Waals surface area contributed by atoms with E-state index in [0.717, 1.165) is 25.9 Å². The molecule has 1 aliphatic rings. The SMILES string of the molecule is CCN(CC1CCNCC1)S(=O)(=O)c1ccn(C)c1. The van der Waals surface area contributed by atoms with E-state index in [-0.39, 0.29) is 0 Å². The van der Waals surface area contributed by atoms with Crippen LogP contribution in [0.4, 0.5) is 0 Å². The van der Waals surface area contributed by atoms with Crippen LogP contribution in [0.1, 0.15) is 19.8 Å². The molecule has 19 heavy (non-hydrogen) atoms. The van der Waals surface area contributed by atoms with Crippen LogP contribution in [0, 0.1) is 5.92 Å². The van der Waals surface area contributed by atoms with Crippen molar-refractivity contribution >= 4 is 10.0 Å². The van der Waals surface area contributed by atoms with Crippen LogP contribution in [0.3, 0.4) is 0 Å². The number of nitrogens with one attached hydrogen (secondary N) is 1. The van der Waals surface area contributed by atoms with Gasteiger partial charge in [-0.1, -0.05) is 6.92 Å². The molecule has 6 heteroatoms. The molecule has 1 saturated heterocycles. The molecule has 0 unspecified atom stereocenters. The molecule has 1 aromatic heterocycles. The summed E-state index contributed by atoms with van der Waals surface area (Å²) in [5.41, 5.74) is 0. The molecule has 0 aromatic carbocycles. The summed E-state index contributed by atoms with van der Waals surface area (Å²) in [6.07, 6.45) is 5.55. The van der Waals surface area contributed by atoms with Gasteiger partial charge in [-0.05, 0) is 37.9 Å². The van der Waals surface area contributed by atoms with E-state index >= 15 is 0 Å². The molecule has 5 nitrogen and oxygen atoms in total. The second kappa shape index (κ2) is 6.07. The van der Waals surface area contributed by atoms with Gasteiger partial charge in [-0.25, -0.2) is 8.42 Å². The Bertz CT molecular complexity index is 504. The number of piperidine rings is 1. The van der Waals surface area contributed by atoms with Gasteiger partial charge in [0.2, 0.25) is 10.0 Å². The van der Waals surface area contributed by atoms with Gasteiger partial charge in [0.05, 0.1) is 4.90 Å². The summed E-state index contributed by atoms with van der Waals surface area (Å²) in [4.78, 5) is 0.394. The van der Waals surface area contributed by atoms with E-state index in [0.29, 0.717) is 23.9 Å². The fraction of sp³-hybridized carbons (Fsp3) is 0.692. The standard InChI is InChI=1S/C13H23N3O2S/c1-3-16(10-12-4-7-14-8-5-12)19(17,18)13-6-9-15(2)11-13/h6,9,11-12,14H,3-5,7-8,10H2,1-2H3. The highest BCUT2D eigenvalue weighted by Gasteiger charge is 2.27. The van der Waals surface area contributed by atoms with Gasteiger partial charge in [-0.2, -0.15) is 4.31 Å². The van der Waals surface area contributed by atoms with Gasteiger partial charge in [0.1, 0.15) is 0 Å². The number of sulfonamides is 1. The monoisotopic (exact) mass is 285 g/mol. The minimum atomic E-state index is -3.34. The molecular weight excluding hydrogens is 262 g/mol. The minimum absolute atomic E-state index is 0.394. The number of aromatic nitrogens is 1. The molecule has 2 heterocycles. The van der Waals surface area contributed by atoms with Crippen LogP contribution >= 0.6 is 0 Å². The maximum atomic E-state index is 12.5. The normalized spacial score (nSPS) is 18.1. The van der Waals surface area contributed by atoms with Crippen LogP contribution in [0.25, 0.3) is 0 Å². The fourth-order valence-electron chi connectivity index (χ4n) is 2.53. The Labute approximate surface area is 115 Å². The van der Waals surface area contributed by atoms with Crippen molar-refractivity contribution in [1.29, 1.82) is 0 Å². The van der Waals surface area contributed by atoms with Crippen molar-refractivity contribution in [3.63, 3.8) is 0 Å². The quantitative estimate of drug-likeness (QED) is 0.879. The predicted octanol–water partition coefficient (Wildman–Crippen LogP) is 1.04. The molecule has 1 fully saturated rings. The highest BCUT2D eigenvalue weighted by molar-refractivity contribution is 7.89. The number of rotatable bonds is 5. The van der Waals surface area contributed by atoms with E-state index in [1.807, 2.05) is 14.0 Å². The van der Waals surface area contributed by atoms with Gasteiger partial charge in [-0.15, -0.1) is 0 Å². The summed E-state index contributed by atoms with van der Waals surface area (Å²) in [6, 6.07) is 1.67. The molecule has 0 bridgehead atoms. The Kier molecular flexibility index (Phi) is 4.65. The number of nitrogens with zero attached hydrogens (tertiary/aromatic N) is 2. The summed E-state index contributed by atoms with van der Waals surface area (Å²) in [5.74, 6) is 0.472. The first-order valence-corrected chi connectivity index (χ1v) is 8.31. The Morgan fingerprint density at radius 3 is 2.63 bits per heavy atom. The molecule has 1 N–H and O–H groups in total. The molecule has 0 spiro atoms. The van der Waals surface area contributed by atoms with Crippen LogP contribution in [0.5, 0.6) is 0 Å². The van der Waals surface area contributed by atoms with Crippen molar-refractivity contribution < 1.29 is 8.42 Å². The smallest absolute Gasteiger partial charge is 0.244 e. The van der Waals surface area contributed by atoms with E-state index in [1.54, 1.807) is 27.3 Å². The summed E-state index contributed by atoms with van der Waals surface area (Å²) >= 11 is 0. The number of hydrogen-bond donors (Lipinski definition) is 1. The first kappa shape index (κ1) is 14.6. The second-order valence-corrected chi connectivity index (χ2v) is 7.10. The van der Waals surface area contributed by atoms with Gasteiger partial charge in [-0.3, -0.25) is 0 Å². The molecule has 108 valence electrons. The molecule has 0 aliphatic carbocycles. The summed E-state index contributed by atoms with van der Waals surface area (Å²) in [5, 5.41) is 3.31. The maximum absolute atomic E-state index is 12.5. The third kappa shape index (κ3) is 3.38. The third-order valence-electron chi connectivity index (χ3n) is 3.72.